The molecule has 218 valence electrons. The van der Waals surface area contributed by atoms with Gasteiger partial charge in [-0.25, -0.2) is 9.97 Å². The van der Waals surface area contributed by atoms with E-state index in [9.17, 15) is 24.2 Å². The number of rotatable bonds is 7. The predicted molar refractivity (Wildman–Crippen MR) is 149 cm³/mol. The summed E-state index contributed by atoms with van der Waals surface area (Å²) in [4.78, 5) is 22.0. The van der Waals surface area contributed by atoms with E-state index < -0.39 is 15.1 Å². The van der Waals surface area contributed by atoms with Crippen LogP contribution in [0, 0.1) is 5.41 Å². The number of aryl methyl sites for hydroxylation is 1. The number of hydrogen-bond donors (Lipinski definition) is 1. The quantitative estimate of drug-likeness (QED) is 0.216. The highest BCUT2D eigenvalue weighted by atomic mass is 35.5. The Hall–Kier alpha value is -3.38. The lowest BCUT2D eigenvalue weighted by Gasteiger charge is -2.60. The van der Waals surface area contributed by atoms with Crippen molar-refractivity contribution >= 4 is 39.2 Å². The number of anilines is 1. The van der Waals surface area contributed by atoms with Crippen molar-refractivity contribution in [2.45, 2.75) is 43.5 Å². The average molecular weight is 612 g/mol. The number of aromatic nitrogens is 3. The second-order valence-electron chi connectivity index (χ2n) is 11.1. The second-order valence-corrected chi connectivity index (χ2v) is 13.9. The summed E-state index contributed by atoms with van der Waals surface area (Å²) in [6, 6.07) is 11.3. The molecule has 3 heterocycles. The minimum absolute atomic E-state index is 0.0728. The van der Waals surface area contributed by atoms with Gasteiger partial charge in [-0.1, -0.05) is 62.2 Å². The molecule has 0 bridgehead atoms. The molecule has 1 N–H and O–H groups in total. The standard InChI is InChI=1S/C28H27ClF5N5OS/c1-2-24-25(39-15-21(29)14-36-27(39)37-24)26(40)35-13-18-3-7-22(8-4-18)38-16-28(17-38)11-20(12-28)19-5-9-23(10-6-19)41(30,31,32,33)34/h3-10,14-15,20H,2,11-13,16-17H2,1H3,(H,35,40). The Balaban J connectivity index is 1.02. The summed E-state index contributed by atoms with van der Waals surface area (Å²) in [6.45, 7) is 3.90. The predicted octanol–water partition coefficient (Wildman–Crippen LogP) is 7.92. The zero-order valence-electron chi connectivity index (χ0n) is 22.0. The summed E-state index contributed by atoms with van der Waals surface area (Å²) in [6.07, 6.45) is 5.30. The van der Waals surface area contributed by atoms with E-state index in [1.165, 1.54) is 18.3 Å². The second kappa shape index (κ2) is 8.81. The molecule has 6 rings (SSSR count). The smallest absolute Gasteiger partial charge is 0.310 e. The number of halogens is 6. The van der Waals surface area contributed by atoms with Crippen molar-refractivity contribution in [3.8, 4) is 0 Å². The molecule has 1 aliphatic carbocycles. The Kier molecular flexibility index (Phi) is 5.97. The van der Waals surface area contributed by atoms with E-state index in [-0.39, 0.29) is 17.2 Å². The van der Waals surface area contributed by atoms with Gasteiger partial charge in [0, 0.05) is 36.9 Å². The van der Waals surface area contributed by atoms with Gasteiger partial charge in [-0.3, -0.25) is 9.20 Å². The number of carbonyl (C=O) groups is 1. The molecule has 41 heavy (non-hydrogen) atoms. The third-order valence-electron chi connectivity index (χ3n) is 8.03. The molecule has 2 aliphatic rings. The van der Waals surface area contributed by atoms with Gasteiger partial charge in [-0.2, -0.15) is 0 Å². The van der Waals surface area contributed by atoms with Gasteiger partial charge < -0.3 is 10.2 Å². The van der Waals surface area contributed by atoms with Crippen molar-refractivity contribution in [3.63, 3.8) is 0 Å². The molecule has 1 aliphatic heterocycles. The van der Waals surface area contributed by atoms with Gasteiger partial charge in [0.05, 0.1) is 16.9 Å². The third-order valence-corrected chi connectivity index (χ3v) is 9.39. The Morgan fingerprint density at radius 2 is 1.71 bits per heavy atom. The summed E-state index contributed by atoms with van der Waals surface area (Å²) in [5, 5.41) is 3.35. The zero-order chi connectivity index (χ0) is 29.3. The Morgan fingerprint density at radius 1 is 1.05 bits per heavy atom. The number of nitrogens with zero attached hydrogens (tertiary/aromatic N) is 4. The fraction of sp³-hybridized carbons (Fsp3) is 0.321. The molecule has 1 saturated carbocycles. The fourth-order valence-electron chi connectivity index (χ4n) is 5.96. The van der Waals surface area contributed by atoms with Crippen LogP contribution in [-0.4, -0.2) is 33.4 Å². The van der Waals surface area contributed by atoms with Crippen LogP contribution < -0.4 is 10.2 Å². The highest BCUT2D eigenvalue weighted by Gasteiger charge is 2.65. The van der Waals surface area contributed by atoms with Gasteiger partial charge in [0.2, 0.25) is 5.78 Å². The van der Waals surface area contributed by atoms with Crippen LogP contribution in [0.15, 0.2) is 65.8 Å². The summed E-state index contributed by atoms with van der Waals surface area (Å²) < 4.78 is 66.5. The molecule has 0 unspecified atom stereocenters. The zero-order valence-corrected chi connectivity index (χ0v) is 23.5. The highest BCUT2D eigenvalue weighted by molar-refractivity contribution is 8.45. The molecule has 0 radical (unpaired) electrons. The molecule has 13 heteroatoms. The number of amides is 1. The van der Waals surface area contributed by atoms with Crippen molar-refractivity contribution in [2.75, 3.05) is 18.0 Å². The summed E-state index contributed by atoms with van der Waals surface area (Å²) >= 11 is 6.07. The molecule has 1 spiro atoms. The number of fused-ring (bicyclic) bond motifs is 1. The lowest BCUT2D eigenvalue weighted by atomic mass is 9.56. The van der Waals surface area contributed by atoms with Gasteiger partial charge in [0.15, 0.2) is 0 Å². The first-order chi connectivity index (χ1) is 19.1. The van der Waals surface area contributed by atoms with Gasteiger partial charge >= 0.3 is 10.2 Å². The van der Waals surface area contributed by atoms with Crippen LogP contribution in [0.3, 0.4) is 0 Å². The van der Waals surface area contributed by atoms with E-state index in [0.717, 1.165) is 37.2 Å². The summed E-state index contributed by atoms with van der Waals surface area (Å²) in [5.41, 5.74) is 3.79. The number of hydrogen-bond acceptors (Lipinski definition) is 4. The average Bonchev–Trinajstić information content (AvgIpc) is 3.23. The molecule has 2 fully saturated rings. The molecule has 4 aromatic rings. The number of nitrogens with one attached hydrogen (secondary N) is 1. The monoisotopic (exact) mass is 611 g/mol. The van der Waals surface area contributed by atoms with E-state index in [0.29, 0.717) is 52.8 Å². The number of benzene rings is 2. The SMILES string of the molecule is CCc1nc2ncc(Cl)cn2c1C(=O)NCc1ccc(N2CC3(CC(c4ccc(S(F)(F)(F)(F)F)cc4)C3)C2)cc1. The van der Waals surface area contributed by atoms with E-state index >= 15 is 0 Å². The maximum absolute atomic E-state index is 13.0. The molecule has 1 amide bonds. The van der Waals surface area contributed by atoms with Crippen LogP contribution in [0.25, 0.3) is 5.78 Å². The van der Waals surface area contributed by atoms with Crippen LogP contribution in [0.5, 0.6) is 0 Å². The van der Waals surface area contributed by atoms with Gasteiger partial charge in [-0.15, -0.1) is 0 Å². The van der Waals surface area contributed by atoms with Crippen molar-refractivity contribution in [1.29, 1.82) is 0 Å². The molecule has 2 aromatic carbocycles. The lowest BCUT2D eigenvalue weighted by Crippen LogP contribution is -2.61. The van der Waals surface area contributed by atoms with Crippen molar-refractivity contribution < 1.29 is 24.2 Å². The van der Waals surface area contributed by atoms with Crippen LogP contribution in [0.2, 0.25) is 5.02 Å². The maximum atomic E-state index is 13.0. The minimum Gasteiger partial charge on any atom is -0.370 e. The molecular weight excluding hydrogens is 585 g/mol. The van der Waals surface area contributed by atoms with E-state index in [1.54, 1.807) is 10.6 Å². The van der Waals surface area contributed by atoms with Gasteiger partial charge in [0.1, 0.15) is 10.6 Å². The highest BCUT2D eigenvalue weighted by Crippen LogP contribution is 3.02. The number of imidazole rings is 1. The normalized spacial score (nSPS) is 18.5. The van der Waals surface area contributed by atoms with Crippen LogP contribution in [-0.2, 0) is 13.0 Å². The van der Waals surface area contributed by atoms with Crippen LogP contribution >= 0.6 is 21.8 Å². The van der Waals surface area contributed by atoms with E-state index in [1.807, 2.05) is 31.2 Å². The lowest BCUT2D eigenvalue weighted by molar-refractivity contribution is 0.0633. The van der Waals surface area contributed by atoms with Crippen LogP contribution in [0.1, 0.15) is 53.0 Å². The van der Waals surface area contributed by atoms with Crippen LogP contribution in [0.4, 0.5) is 25.1 Å². The largest absolute Gasteiger partial charge is 0.370 e. The van der Waals surface area contributed by atoms with Gasteiger partial charge in [0.25, 0.3) is 5.91 Å². The first-order valence-corrected chi connectivity index (χ1v) is 15.4. The molecular formula is C28H27ClF5N5OS. The van der Waals surface area contributed by atoms with Crippen molar-refractivity contribution in [3.05, 3.63) is 88.5 Å². The molecule has 2 aromatic heterocycles. The summed E-state index contributed by atoms with van der Waals surface area (Å²) in [7, 11) is -9.65. The minimum atomic E-state index is -9.65. The van der Waals surface area contributed by atoms with E-state index in [4.69, 9.17) is 11.6 Å². The molecule has 1 saturated heterocycles. The van der Waals surface area contributed by atoms with Gasteiger partial charge in [-0.05, 0) is 60.6 Å². The van der Waals surface area contributed by atoms with Crippen molar-refractivity contribution in [1.82, 2.24) is 19.7 Å². The first kappa shape index (κ1) is 27.8. The fourth-order valence-corrected chi connectivity index (χ4v) is 6.75. The molecule has 0 atom stereocenters. The topological polar surface area (TPSA) is 62.5 Å². The Labute approximate surface area is 238 Å². The van der Waals surface area contributed by atoms with Crippen molar-refractivity contribution in [2.24, 2.45) is 5.41 Å². The first-order valence-electron chi connectivity index (χ1n) is 13.1. The Bertz CT molecular complexity index is 1650. The summed E-state index contributed by atoms with van der Waals surface area (Å²) in [5.74, 6) is 0.217. The number of carbonyl (C=O) groups excluding carboxylic acids is 1. The maximum Gasteiger partial charge on any atom is 0.310 e. The molecule has 6 nitrogen and oxygen atoms in total. The Morgan fingerprint density at radius 3 is 2.32 bits per heavy atom. The van der Waals surface area contributed by atoms with E-state index in [2.05, 4.69) is 20.2 Å². The third kappa shape index (κ3) is 5.34.